The average molecular weight is 272 g/mol. The number of carboxylic acid groups (broad SMARTS) is 1. The largest absolute Gasteiger partial charge is 0.480 e. The van der Waals surface area contributed by atoms with Crippen molar-refractivity contribution < 1.29 is 14.7 Å². The molecule has 5 nitrogen and oxygen atoms in total. The van der Waals surface area contributed by atoms with Crippen LogP contribution >= 0.6 is 11.8 Å². The van der Waals surface area contributed by atoms with E-state index >= 15 is 0 Å². The molecule has 0 saturated carbocycles. The highest BCUT2D eigenvalue weighted by Crippen LogP contribution is 2.46. The molecule has 1 N–H and O–H groups in total. The Bertz CT molecular complexity index is 353. The summed E-state index contributed by atoms with van der Waals surface area (Å²) >= 11 is 1.65. The Morgan fingerprint density at radius 1 is 1.39 bits per heavy atom. The lowest BCUT2D eigenvalue weighted by molar-refractivity contribution is -0.152. The second kappa shape index (κ2) is 5.09. The second-order valence-electron chi connectivity index (χ2n) is 5.03. The molecule has 6 heteroatoms. The van der Waals surface area contributed by atoms with E-state index in [1.807, 2.05) is 0 Å². The van der Waals surface area contributed by atoms with E-state index in [1.54, 1.807) is 23.6 Å². The predicted octanol–water partition coefficient (Wildman–Crippen LogP) is 0.847. The standard InChI is InChI=1S/C12H20N2O3S/c1-3-10(15)14-9(11(16)17)8-18-12(14)4-6-13(2)7-5-12/h9H,3-8H2,1-2H3,(H,16,17)/t9-/m1/s1. The van der Waals surface area contributed by atoms with Crippen LogP contribution in [0.3, 0.4) is 0 Å². The van der Waals surface area contributed by atoms with Gasteiger partial charge in [0.05, 0.1) is 4.87 Å². The first-order valence-electron chi connectivity index (χ1n) is 6.37. The molecule has 0 aliphatic carbocycles. The Morgan fingerprint density at radius 3 is 2.50 bits per heavy atom. The highest BCUT2D eigenvalue weighted by Gasteiger charge is 2.52. The van der Waals surface area contributed by atoms with Crippen molar-refractivity contribution in [3.8, 4) is 0 Å². The van der Waals surface area contributed by atoms with Crippen molar-refractivity contribution in [3.05, 3.63) is 0 Å². The van der Waals surface area contributed by atoms with Gasteiger partial charge < -0.3 is 14.9 Å². The number of nitrogens with zero attached hydrogens (tertiary/aromatic N) is 2. The number of likely N-dealkylation sites (tertiary alicyclic amines) is 1. The third-order valence-electron chi connectivity index (χ3n) is 3.89. The molecule has 2 rings (SSSR count). The Labute approximate surface area is 112 Å². The zero-order valence-electron chi connectivity index (χ0n) is 10.9. The van der Waals surface area contributed by atoms with Crippen molar-refractivity contribution in [2.45, 2.75) is 37.1 Å². The molecular weight excluding hydrogens is 252 g/mol. The van der Waals surface area contributed by atoms with E-state index in [2.05, 4.69) is 11.9 Å². The van der Waals surface area contributed by atoms with Crippen LogP contribution in [0.2, 0.25) is 0 Å². The Kier molecular flexibility index (Phi) is 3.87. The molecule has 1 spiro atoms. The molecule has 102 valence electrons. The van der Waals surface area contributed by atoms with Crippen molar-refractivity contribution in [2.24, 2.45) is 0 Å². The van der Waals surface area contributed by atoms with E-state index < -0.39 is 12.0 Å². The van der Waals surface area contributed by atoms with Crippen molar-refractivity contribution in [1.29, 1.82) is 0 Å². The monoisotopic (exact) mass is 272 g/mol. The van der Waals surface area contributed by atoms with Gasteiger partial charge >= 0.3 is 5.97 Å². The molecule has 2 saturated heterocycles. The minimum atomic E-state index is -0.875. The van der Waals surface area contributed by atoms with Crippen LogP contribution in [-0.4, -0.2) is 63.6 Å². The number of rotatable bonds is 2. The molecule has 0 bridgehead atoms. The second-order valence-corrected chi connectivity index (χ2v) is 6.41. The summed E-state index contributed by atoms with van der Waals surface area (Å²) in [5, 5.41) is 9.28. The molecule has 0 unspecified atom stereocenters. The topological polar surface area (TPSA) is 60.9 Å². The van der Waals surface area contributed by atoms with E-state index in [0.717, 1.165) is 25.9 Å². The van der Waals surface area contributed by atoms with Crippen LogP contribution in [0.15, 0.2) is 0 Å². The molecule has 0 radical (unpaired) electrons. The van der Waals surface area contributed by atoms with Gasteiger partial charge in [0.25, 0.3) is 0 Å². The predicted molar refractivity (Wildman–Crippen MR) is 70.5 cm³/mol. The maximum Gasteiger partial charge on any atom is 0.327 e. The number of hydrogen-bond acceptors (Lipinski definition) is 4. The van der Waals surface area contributed by atoms with Gasteiger partial charge in [-0.25, -0.2) is 4.79 Å². The van der Waals surface area contributed by atoms with Crippen molar-refractivity contribution >= 4 is 23.6 Å². The van der Waals surface area contributed by atoms with Gasteiger partial charge in [0.1, 0.15) is 6.04 Å². The van der Waals surface area contributed by atoms with Gasteiger partial charge in [-0.3, -0.25) is 4.79 Å². The summed E-state index contributed by atoms with van der Waals surface area (Å²) in [5.41, 5.74) is 0. The number of piperidine rings is 1. The first kappa shape index (κ1) is 13.7. The van der Waals surface area contributed by atoms with E-state index in [-0.39, 0.29) is 10.8 Å². The fourth-order valence-corrected chi connectivity index (χ4v) is 4.37. The maximum atomic E-state index is 12.1. The van der Waals surface area contributed by atoms with Gasteiger partial charge in [0.15, 0.2) is 0 Å². The smallest absolute Gasteiger partial charge is 0.327 e. The number of carbonyl (C=O) groups excluding carboxylic acids is 1. The molecule has 2 aliphatic rings. The lowest BCUT2D eigenvalue weighted by Gasteiger charge is -2.44. The Morgan fingerprint density at radius 2 is 2.00 bits per heavy atom. The Balaban J connectivity index is 2.24. The fourth-order valence-electron chi connectivity index (χ4n) is 2.77. The summed E-state index contributed by atoms with van der Waals surface area (Å²) in [5.74, 6) is -0.387. The molecule has 0 aromatic heterocycles. The maximum absolute atomic E-state index is 12.1. The van der Waals surface area contributed by atoms with E-state index in [4.69, 9.17) is 0 Å². The fraction of sp³-hybridized carbons (Fsp3) is 0.833. The van der Waals surface area contributed by atoms with Crippen LogP contribution in [0.1, 0.15) is 26.2 Å². The molecule has 1 amide bonds. The average Bonchev–Trinajstić information content (AvgIpc) is 2.72. The molecule has 2 aliphatic heterocycles. The lowest BCUT2D eigenvalue weighted by atomic mass is 10.0. The zero-order chi connectivity index (χ0) is 13.3. The van der Waals surface area contributed by atoms with Crippen LogP contribution in [0, 0.1) is 0 Å². The van der Waals surface area contributed by atoms with Crippen molar-refractivity contribution in [3.63, 3.8) is 0 Å². The molecular formula is C12H20N2O3S. The highest BCUT2D eigenvalue weighted by molar-refractivity contribution is 8.01. The van der Waals surface area contributed by atoms with Crippen LogP contribution in [0.4, 0.5) is 0 Å². The summed E-state index contributed by atoms with van der Waals surface area (Å²) in [6, 6.07) is -0.647. The van der Waals surface area contributed by atoms with Crippen molar-refractivity contribution in [1.82, 2.24) is 9.80 Å². The number of carboxylic acids is 1. The number of carbonyl (C=O) groups is 2. The zero-order valence-corrected chi connectivity index (χ0v) is 11.7. The summed E-state index contributed by atoms with van der Waals surface area (Å²) in [7, 11) is 2.06. The SMILES string of the molecule is CCC(=O)N1[C@@H](C(=O)O)CSC12CCN(C)CC2. The molecule has 0 aromatic rings. The van der Waals surface area contributed by atoms with Gasteiger partial charge in [-0.2, -0.15) is 0 Å². The van der Waals surface area contributed by atoms with Gasteiger partial charge in [-0.1, -0.05) is 6.92 Å². The van der Waals surface area contributed by atoms with Gasteiger partial charge in [0.2, 0.25) is 5.91 Å². The number of amides is 1. The molecule has 2 heterocycles. The third kappa shape index (κ3) is 2.23. The number of thioether (sulfide) groups is 1. The van der Waals surface area contributed by atoms with E-state index in [9.17, 15) is 14.7 Å². The van der Waals surface area contributed by atoms with E-state index in [0.29, 0.717) is 12.2 Å². The quantitative estimate of drug-likeness (QED) is 0.807. The highest BCUT2D eigenvalue weighted by atomic mass is 32.2. The van der Waals surface area contributed by atoms with Crippen LogP contribution in [-0.2, 0) is 9.59 Å². The molecule has 0 aromatic carbocycles. The summed E-state index contributed by atoms with van der Waals surface area (Å²) in [4.78, 5) is 27.0. The summed E-state index contributed by atoms with van der Waals surface area (Å²) in [6.07, 6.45) is 2.11. The minimum Gasteiger partial charge on any atom is -0.480 e. The minimum absolute atomic E-state index is 0.0306. The van der Waals surface area contributed by atoms with Gasteiger partial charge in [-0.05, 0) is 19.9 Å². The van der Waals surface area contributed by atoms with Crippen LogP contribution in [0.5, 0.6) is 0 Å². The number of hydrogen-bond donors (Lipinski definition) is 1. The van der Waals surface area contributed by atoms with Gasteiger partial charge in [-0.15, -0.1) is 11.8 Å². The first-order chi connectivity index (χ1) is 8.50. The molecule has 18 heavy (non-hydrogen) atoms. The van der Waals surface area contributed by atoms with Crippen LogP contribution in [0.25, 0.3) is 0 Å². The Hall–Kier alpha value is -0.750. The normalized spacial score (nSPS) is 27.7. The first-order valence-corrected chi connectivity index (χ1v) is 7.36. The lowest BCUT2D eigenvalue weighted by Crippen LogP contribution is -2.56. The molecule has 1 atom stereocenters. The summed E-state index contributed by atoms with van der Waals surface area (Å²) in [6.45, 7) is 3.65. The third-order valence-corrected chi connectivity index (χ3v) is 5.51. The number of aliphatic carboxylic acids is 1. The van der Waals surface area contributed by atoms with Crippen molar-refractivity contribution in [2.75, 3.05) is 25.9 Å². The van der Waals surface area contributed by atoms with Gasteiger partial charge in [0, 0.05) is 25.3 Å². The molecule has 2 fully saturated rings. The summed E-state index contributed by atoms with van der Waals surface area (Å²) < 4.78 is 0. The van der Waals surface area contributed by atoms with E-state index in [1.165, 1.54) is 0 Å². The van der Waals surface area contributed by atoms with Crippen LogP contribution < -0.4 is 0 Å².